The highest BCUT2D eigenvalue weighted by atomic mass is 19.1. The topological polar surface area (TPSA) is 135 Å². The number of halogens is 1. The number of rotatable bonds is 11. The monoisotopic (exact) mass is 651 g/mol. The van der Waals surface area contributed by atoms with Gasteiger partial charge in [0.15, 0.2) is 24.3 Å². The second kappa shape index (κ2) is 13.8. The van der Waals surface area contributed by atoms with Gasteiger partial charge in [-0.05, 0) is 47.0 Å². The number of carbonyl (C=O) groups is 1. The molecule has 0 radical (unpaired) electrons. The number of aliphatic hydroxyl groups excluding tert-OH is 1. The average molecular weight is 652 g/mol. The third-order valence-corrected chi connectivity index (χ3v) is 8.45. The van der Waals surface area contributed by atoms with E-state index >= 15 is 4.39 Å². The van der Waals surface area contributed by atoms with Gasteiger partial charge in [0.25, 0.3) is 0 Å². The van der Waals surface area contributed by atoms with Crippen LogP contribution in [0.15, 0.2) is 126 Å². The van der Waals surface area contributed by atoms with E-state index in [2.05, 4.69) is 4.98 Å². The van der Waals surface area contributed by atoms with Gasteiger partial charge in [-0.15, -0.1) is 0 Å². The Morgan fingerprint density at radius 3 is 1.90 bits per heavy atom. The lowest BCUT2D eigenvalue weighted by atomic mass is 9.79. The molecular formula is C37H34FN3O7. The summed E-state index contributed by atoms with van der Waals surface area (Å²) in [5, 5.41) is 11.4. The zero-order chi connectivity index (χ0) is 33.8. The number of nitrogens with zero attached hydrogens (tertiary/aromatic N) is 2. The molecule has 3 N–H and O–H groups in total. The fourth-order valence-corrected chi connectivity index (χ4v) is 6.01. The van der Waals surface area contributed by atoms with Crippen molar-refractivity contribution in [2.45, 2.75) is 36.3 Å². The summed E-state index contributed by atoms with van der Waals surface area (Å²) in [5.74, 6) is 0.548. The first-order chi connectivity index (χ1) is 23.3. The summed E-state index contributed by atoms with van der Waals surface area (Å²) in [4.78, 5) is 30.9. The molecule has 1 fully saturated rings. The van der Waals surface area contributed by atoms with Gasteiger partial charge in [-0.2, -0.15) is 4.98 Å². The fourth-order valence-electron chi connectivity index (χ4n) is 6.01. The first-order valence-corrected chi connectivity index (χ1v) is 15.2. The minimum Gasteiger partial charge on any atom is -0.497 e. The first-order valence-electron chi connectivity index (χ1n) is 15.2. The Hall–Kier alpha value is -5.36. The maximum atomic E-state index is 16.0. The van der Waals surface area contributed by atoms with Crippen LogP contribution in [0.25, 0.3) is 0 Å². The molecule has 1 aliphatic rings. The van der Waals surface area contributed by atoms with Crippen molar-refractivity contribution in [1.29, 1.82) is 0 Å². The van der Waals surface area contributed by atoms with E-state index in [0.29, 0.717) is 28.2 Å². The van der Waals surface area contributed by atoms with E-state index in [1.807, 2.05) is 54.6 Å². The Morgan fingerprint density at radius 2 is 1.38 bits per heavy atom. The summed E-state index contributed by atoms with van der Waals surface area (Å²) in [6.45, 7) is 0. The Balaban J connectivity index is 1.56. The number of alkyl halides is 1. The van der Waals surface area contributed by atoms with Gasteiger partial charge in [0.1, 0.15) is 35.1 Å². The minimum atomic E-state index is -2.12. The lowest BCUT2D eigenvalue weighted by molar-refractivity contribution is -0.127. The molecule has 0 saturated carbocycles. The molecule has 1 aromatic heterocycles. The van der Waals surface area contributed by atoms with Gasteiger partial charge in [0.2, 0.25) is 0 Å². The van der Waals surface area contributed by atoms with Crippen LogP contribution in [0.4, 0.5) is 10.2 Å². The van der Waals surface area contributed by atoms with Crippen LogP contribution < -0.4 is 20.9 Å². The molecule has 6 rings (SSSR count). The molecule has 0 spiro atoms. The number of hydrogen-bond donors (Lipinski definition) is 2. The van der Waals surface area contributed by atoms with Crippen LogP contribution >= 0.6 is 0 Å². The maximum absolute atomic E-state index is 16.0. The predicted molar refractivity (Wildman–Crippen MR) is 176 cm³/mol. The number of aliphatic hydroxyl groups is 1. The van der Waals surface area contributed by atoms with E-state index in [1.54, 1.807) is 68.8 Å². The Kier molecular flexibility index (Phi) is 9.35. The summed E-state index contributed by atoms with van der Waals surface area (Å²) in [5.41, 5.74) is 5.33. The lowest BCUT2D eigenvalue weighted by Gasteiger charge is -2.40. The molecule has 0 bridgehead atoms. The summed E-state index contributed by atoms with van der Waals surface area (Å²) in [7, 11) is 3.11. The van der Waals surface area contributed by atoms with Crippen molar-refractivity contribution < 1.29 is 33.2 Å². The van der Waals surface area contributed by atoms with Crippen molar-refractivity contribution >= 4 is 11.6 Å². The zero-order valence-electron chi connectivity index (χ0n) is 26.2. The number of methoxy groups -OCH3 is 2. The number of hydrogen-bond acceptors (Lipinski definition) is 9. The molecule has 4 aromatic carbocycles. The molecule has 0 aliphatic carbocycles. The van der Waals surface area contributed by atoms with Crippen LogP contribution in [-0.2, 0) is 15.1 Å². The second-order valence-electron chi connectivity index (χ2n) is 11.2. The number of nitrogens with two attached hydrogens (primary N) is 1. The molecule has 5 atom stereocenters. The average Bonchev–Trinajstić information content (AvgIpc) is 3.42. The summed E-state index contributed by atoms with van der Waals surface area (Å²) < 4.78 is 40.9. The van der Waals surface area contributed by atoms with E-state index in [0.717, 1.165) is 4.57 Å². The number of ketones is 1. The molecule has 11 heteroatoms. The van der Waals surface area contributed by atoms with Gasteiger partial charge in [-0.3, -0.25) is 9.36 Å². The van der Waals surface area contributed by atoms with Crippen molar-refractivity contribution in [3.8, 4) is 11.5 Å². The number of ether oxygens (including phenoxy) is 4. The normalized spacial score (nSPS) is 19.8. The largest absolute Gasteiger partial charge is 0.497 e. The molecule has 2 heterocycles. The van der Waals surface area contributed by atoms with E-state index in [9.17, 15) is 14.7 Å². The number of aromatic nitrogens is 2. The summed E-state index contributed by atoms with van der Waals surface area (Å²) in [6.07, 6.45) is -7.56. The van der Waals surface area contributed by atoms with Crippen LogP contribution in [0.5, 0.6) is 11.5 Å². The van der Waals surface area contributed by atoms with E-state index in [1.165, 1.54) is 12.3 Å². The third kappa shape index (κ3) is 6.06. The minimum absolute atomic E-state index is 0.0613. The van der Waals surface area contributed by atoms with Gasteiger partial charge in [-0.25, -0.2) is 9.18 Å². The molecule has 1 saturated heterocycles. The Labute approximate surface area is 276 Å². The Bertz CT molecular complexity index is 1860. The highest BCUT2D eigenvalue weighted by Gasteiger charge is 2.54. The maximum Gasteiger partial charge on any atom is 0.351 e. The van der Waals surface area contributed by atoms with Gasteiger partial charge in [0.05, 0.1) is 14.2 Å². The van der Waals surface area contributed by atoms with Crippen LogP contribution in [0.1, 0.15) is 33.3 Å². The van der Waals surface area contributed by atoms with Crippen LogP contribution in [0.3, 0.4) is 0 Å². The number of anilines is 1. The molecular weight excluding hydrogens is 617 g/mol. The fraction of sp³-hybridized carbons (Fsp3) is 0.216. The van der Waals surface area contributed by atoms with E-state index in [-0.39, 0.29) is 11.4 Å². The third-order valence-electron chi connectivity index (χ3n) is 8.45. The SMILES string of the molecule is COc1ccc(C(OC(C(=O)c2ccccc2)[C@H]2O[C@@H](n3ccc(N)nc3=O)[C@H](F)[C@@H]2O)(c2ccccc2)c2ccc(OC)cc2)cc1. The van der Waals surface area contributed by atoms with Gasteiger partial charge < -0.3 is 29.8 Å². The van der Waals surface area contributed by atoms with E-state index in [4.69, 9.17) is 24.7 Å². The quantitative estimate of drug-likeness (QED) is 0.154. The van der Waals surface area contributed by atoms with Crippen molar-refractivity contribution in [1.82, 2.24) is 9.55 Å². The van der Waals surface area contributed by atoms with Gasteiger partial charge >= 0.3 is 5.69 Å². The first kappa shape index (κ1) is 32.6. The highest BCUT2D eigenvalue weighted by molar-refractivity contribution is 6.00. The number of carbonyl (C=O) groups excluding carboxylic acids is 1. The van der Waals surface area contributed by atoms with Gasteiger partial charge in [0, 0.05) is 11.8 Å². The predicted octanol–water partition coefficient (Wildman–Crippen LogP) is 4.70. The van der Waals surface area contributed by atoms with Gasteiger partial charge in [-0.1, -0.05) is 84.9 Å². The molecule has 0 amide bonds. The number of benzene rings is 4. The van der Waals surface area contributed by atoms with Crippen LogP contribution in [0, 0.1) is 0 Å². The smallest absolute Gasteiger partial charge is 0.351 e. The van der Waals surface area contributed by atoms with Crippen molar-refractivity contribution in [3.05, 3.63) is 154 Å². The standard InChI is InChI=1S/C37H34FN3O7/c1-45-27-17-13-25(14-18-27)37(24-11-7-4-8-12-24,26-15-19-28(46-2)20-16-26)48-34(31(42)23-9-5-3-6-10-23)33-32(43)30(38)35(47-33)41-22-21-29(39)40-36(41)44/h3-22,30,32-35,43H,1-2H3,(H2,39,40,44)/t30-,32+,33+,34?,35-/m1/s1. The van der Waals surface area contributed by atoms with Crippen LogP contribution in [-0.4, -0.2) is 59.1 Å². The van der Waals surface area contributed by atoms with Crippen molar-refractivity contribution in [2.24, 2.45) is 0 Å². The van der Waals surface area contributed by atoms with Crippen molar-refractivity contribution in [2.75, 3.05) is 20.0 Å². The Morgan fingerprint density at radius 1 is 0.854 bits per heavy atom. The molecule has 10 nitrogen and oxygen atoms in total. The summed E-state index contributed by atoms with van der Waals surface area (Å²) in [6, 6.07) is 33.2. The zero-order valence-corrected chi connectivity index (χ0v) is 26.2. The van der Waals surface area contributed by atoms with Crippen LogP contribution in [0.2, 0.25) is 0 Å². The highest BCUT2D eigenvalue weighted by Crippen LogP contribution is 2.45. The molecule has 246 valence electrons. The number of Topliss-reactive ketones (excluding diaryl/α,β-unsaturated/α-hetero) is 1. The van der Waals surface area contributed by atoms with E-state index < -0.39 is 47.8 Å². The lowest BCUT2D eigenvalue weighted by Crippen LogP contribution is -2.49. The summed E-state index contributed by atoms with van der Waals surface area (Å²) >= 11 is 0. The molecule has 1 aliphatic heterocycles. The molecule has 5 aromatic rings. The number of nitrogen functional groups attached to an aromatic ring is 1. The second-order valence-corrected chi connectivity index (χ2v) is 11.2. The van der Waals surface area contributed by atoms with Crippen molar-refractivity contribution in [3.63, 3.8) is 0 Å². The molecule has 48 heavy (non-hydrogen) atoms. The molecule has 1 unspecified atom stereocenters.